The van der Waals surface area contributed by atoms with E-state index in [4.69, 9.17) is 0 Å². The van der Waals surface area contributed by atoms with Crippen LogP contribution in [0.3, 0.4) is 0 Å². The maximum atomic E-state index is 14.7. The normalized spacial score (nSPS) is 29.8. The van der Waals surface area contributed by atoms with Crippen LogP contribution in [-0.4, -0.2) is 68.4 Å². The smallest absolute Gasteiger partial charge is 0.202 e. The third-order valence-corrected chi connectivity index (χ3v) is 6.96. The molecular weight excluding hydrogens is 421 g/mol. The van der Waals surface area contributed by atoms with Crippen LogP contribution in [0, 0.1) is 24.6 Å². The molecule has 9 heteroatoms. The monoisotopic (exact) mass is 445 g/mol. The number of carbonyl (C=O) groups excluding carboxylic acids is 3. The number of aliphatic hydroxyl groups is 3. The van der Waals surface area contributed by atoms with E-state index < -0.39 is 63.7 Å². The number of hydrogen-bond donors (Lipinski definition) is 4. The Hall–Kier alpha value is -3.04. The van der Waals surface area contributed by atoms with Crippen LogP contribution in [0.25, 0.3) is 5.76 Å². The topological polar surface area (TPSA) is 135 Å². The van der Waals surface area contributed by atoms with Crippen LogP contribution in [0.2, 0.25) is 0 Å². The lowest BCUT2D eigenvalue weighted by Crippen LogP contribution is -2.65. The minimum atomic E-state index is -2.63. The molecule has 3 aliphatic rings. The highest BCUT2D eigenvalue weighted by molar-refractivity contribution is 6.25. The van der Waals surface area contributed by atoms with Gasteiger partial charge < -0.3 is 20.4 Å². The van der Waals surface area contributed by atoms with Crippen molar-refractivity contribution < 1.29 is 39.2 Å². The predicted molar refractivity (Wildman–Crippen MR) is 110 cm³/mol. The summed E-state index contributed by atoms with van der Waals surface area (Å²) < 4.78 is 14.7. The zero-order valence-corrected chi connectivity index (χ0v) is 18.1. The number of phenolic OH excluding ortho intramolecular Hbond substituents is 1. The van der Waals surface area contributed by atoms with E-state index in [1.54, 1.807) is 14.1 Å². The first-order valence-electron chi connectivity index (χ1n) is 10.2. The predicted octanol–water partition coefficient (Wildman–Crippen LogP) is 1.52. The molecule has 1 fully saturated rings. The third-order valence-electron chi connectivity index (χ3n) is 6.96. The molecule has 32 heavy (non-hydrogen) atoms. The van der Waals surface area contributed by atoms with Crippen molar-refractivity contribution in [2.24, 2.45) is 11.8 Å². The number of carbonyl (C=O) groups is 3. The van der Waals surface area contributed by atoms with Gasteiger partial charge >= 0.3 is 0 Å². The van der Waals surface area contributed by atoms with Crippen molar-refractivity contribution in [1.82, 2.24) is 4.90 Å². The van der Waals surface area contributed by atoms with Gasteiger partial charge in [0, 0.05) is 17.1 Å². The van der Waals surface area contributed by atoms with Gasteiger partial charge in [0.15, 0.2) is 17.2 Å². The van der Waals surface area contributed by atoms with Gasteiger partial charge in [0.1, 0.15) is 28.7 Å². The molecule has 4 atom stereocenters. The second-order valence-corrected chi connectivity index (χ2v) is 9.03. The van der Waals surface area contributed by atoms with Gasteiger partial charge in [-0.15, -0.1) is 0 Å². The Morgan fingerprint density at radius 3 is 2.41 bits per heavy atom. The molecule has 0 aliphatic heterocycles. The Balaban J connectivity index is 2.00. The number of benzene rings is 1. The molecule has 0 aromatic heterocycles. The molecule has 4 rings (SSSR count). The number of rotatable bonds is 2. The summed E-state index contributed by atoms with van der Waals surface area (Å²) in [4.78, 5) is 40.2. The summed E-state index contributed by atoms with van der Waals surface area (Å²) in [5.41, 5.74) is -3.59. The molecule has 0 saturated heterocycles. The van der Waals surface area contributed by atoms with E-state index in [9.17, 15) is 39.2 Å². The number of aromatic hydroxyl groups is 1. The summed E-state index contributed by atoms with van der Waals surface area (Å²) in [7, 11) is 3.10. The van der Waals surface area contributed by atoms with Gasteiger partial charge in [0.25, 0.3) is 0 Å². The second kappa shape index (κ2) is 6.98. The van der Waals surface area contributed by atoms with E-state index in [-0.39, 0.29) is 40.9 Å². The van der Waals surface area contributed by atoms with E-state index in [0.717, 1.165) is 13.0 Å². The highest BCUT2D eigenvalue weighted by Gasteiger charge is 2.64. The third kappa shape index (κ3) is 2.64. The summed E-state index contributed by atoms with van der Waals surface area (Å²) in [6.45, 7) is 2.49. The minimum absolute atomic E-state index is 0.0327. The van der Waals surface area contributed by atoms with Gasteiger partial charge in [-0.25, -0.2) is 4.39 Å². The van der Waals surface area contributed by atoms with E-state index in [2.05, 4.69) is 0 Å². The second-order valence-electron chi connectivity index (χ2n) is 9.03. The Morgan fingerprint density at radius 2 is 1.84 bits per heavy atom. The number of halogens is 1. The molecule has 170 valence electrons. The number of likely N-dealkylation sites (N-methyl/N-ethyl adjacent to an activating group) is 1. The molecule has 4 N–H and O–H groups in total. The van der Waals surface area contributed by atoms with E-state index in [1.165, 1.54) is 11.8 Å². The van der Waals surface area contributed by atoms with Crippen LogP contribution in [-0.2, 0) is 20.8 Å². The highest BCUT2D eigenvalue weighted by atomic mass is 19.1. The first kappa shape index (κ1) is 22.2. The van der Waals surface area contributed by atoms with Crippen LogP contribution in [0.5, 0.6) is 5.75 Å². The van der Waals surface area contributed by atoms with Crippen molar-refractivity contribution in [2.45, 2.75) is 38.3 Å². The fraction of sp³-hybridized carbons (Fsp3) is 0.435. The van der Waals surface area contributed by atoms with Crippen molar-refractivity contribution >= 4 is 23.1 Å². The van der Waals surface area contributed by atoms with Crippen LogP contribution in [0.4, 0.5) is 4.39 Å². The molecule has 3 aliphatic carbocycles. The summed E-state index contributed by atoms with van der Waals surface area (Å²) in [6, 6.07) is 0.0357. The Bertz CT molecular complexity index is 1170. The number of fused-ring (bicyclic) bond motifs is 3. The Kier molecular flexibility index (Phi) is 4.83. The molecule has 8 nitrogen and oxygen atoms in total. The Labute approximate surface area is 183 Å². The number of Topliss-reactive ketones (excluding diaryl/α,β-unsaturated/α-hetero) is 3. The lowest BCUT2D eigenvalue weighted by molar-refractivity contribution is -0.153. The quantitative estimate of drug-likeness (QED) is 0.503. The first-order chi connectivity index (χ1) is 14.8. The average Bonchev–Trinajstić information content (AvgIpc) is 2.68. The van der Waals surface area contributed by atoms with Gasteiger partial charge in [-0.05, 0) is 58.3 Å². The minimum Gasteiger partial charge on any atom is -0.508 e. The standard InChI is InChI=1S/C23H24FNO7/c1-8-5-13(24)11-6-10-7-12-17(25(3)4)20(29)14(9(2)26)21(30)23(12,32)22(31)15(10)19(28)16(11)18(8)27/h5,10,12,17,27-28,30,32H,6-7H2,1-4H3/t10?,12?,17-,23+/m0/s1. The van der Waals surface area contributed by atoms with Gasteiger partial charge in [0.05, 0.1) is 11.6 Å². The number of hydrogen-bond acceptors (Lipinski definition) is 8. The average molecular weight is 445 g/mol. The van der Waals surface area contributed by atoms with Gasteiger partial charge in [0.2, 0.25) is 5.78 Å². The molecule has 0 heterocycles. The SMILES string of the molecule is CC(=O)C1=C(O)[C@@]2(O)C(=O)C3=C(O)c4c(O)c(C)cc(F)c4CC3CC2[C@H](N(C)C)C1=O. The van der Waals surface area contributed by atoms with Crippen molar-refractivity contribution in [2.75, 3.05) is 14.1 Å². The van der Waals surface area contributed by atoms with Crippen molar-refractivity contribution in [3.63, 3.8) is 0 Å². The largest absolute Gasteiger partial charge is 0.508 e. The molecule has 1 aromatic rings. The van der Waals surface area contributed by atoms with Gasteiger partial charge in [-0.3, -0.25) is 19.3 Å². The number of phenols is 1. The summed E-state index contributed by atoms with van der Waals surface area (Å²) in [5.74, 6) is -7.24. The van der Waals surface area contributed by atoms with Crippen LogP contribution in [0.15, 0.2) is 23.0 Å². The van der Waals surface area contributed by atoms with Gasteiger partial charge in [-0.1, -0.05) is 0 Å². The number of nitrogens with zero attached hydrogens (tertiary/aromatic N) is 1. The lowest BCUT2D eigenvalue weighted by atomic mass is 9.57. The summed E-state index contributed by atoms with van der Waals surface area (Å²) in [5, 5.41) is 43.6. The van der Waals surface area contributed by atoms with Crippen LogP contribution >= 0.6 is 0 Å². The van der Waals surface area contributed by atoms with E-state index >= 15 is 0 Å². The molecule has 1 saturated carbocycles. The zero-order valence-electron chi connectivity index (χ0n) is 18.1. The molecular formula is C23H24FNO7. The van der Waals surface area contributed by atoms with Crippen molar-refractivity contribution in [3.8, 4) is 5.75 Å². The van der Waals surface area contributed by atoms with Gasteiger partial charge in [-0.2, -0.15) is 0 Å². The maximum Gasteiger partial charge on any atom is 0.202 e. The molecule has 2 unspecified atom stereocenters. The van der Waals surface area contributed by atoms with Crippen molar-refractivity contribution in [1.29, 1.82) is 0 Å². The van der Waals surface area contributed by atoms with E-state index in [1.807, 2.05) is 0 Å². The molecule has 0 amide bonds. The number of aliphatic hydroxyl groups excluding tert-OH is 2. The lowest BCUT2D eigenvalue weighted by Gasteiger charge is -2.50. The van der Waals surface area contributed by atoms with Crippen LogP contribution in [0.1, 0.15) is 30.0 Å². The van der Waals surface area contributed by atoms with E-state index in [0.29, 0.717) is 0 Å². The Morgan fingerprint density at radius 1 is 1.22 bits per heavy atom. The molecule has 0 spiro atoms. The molecule has 0 radical (unpaired) electrons. The maximum absolute atomic E-state index is 14.7. The van der Waals surface area contributed by atoms with Crippen molar-refractivity contribution in [3.05, 3.63) is 45.5 Å². The fourth-order valence-corrected chi connectivity index (χ4v) is 5.49. The number of aryl methyl sites for hydroxylation is 1. The van der Waals surface area contributed by atoms with Crippen LogP contribution < -0.4 is 0 Å². The zero-order chi connectivity index (χ0) is 23.9. The molecule has 1 aromatic carbocycles. The number of ketones is 3. The summed E-state index contributed by atoms with van der Waals surface area (Å²) in [6.07, 6.45) is -0.0932. The summed E-state index contributed by atoms with van der Waals surface area (Å²) >= 11 is 0. The fourth-order valence-electron chi connectivity index (χ4n) is 5.49. The molecule has 0 bridgehead atoms. The first-order valence-corrected chi connectivity index (χ1v) is 10.2. The highest BCUT2D eigenvalue weighted by Crippen LogP contribution is 2.53.